The molecule has 3 nitrogen and oxygen atoms in total. The molecule has 1 amide bonds. The van der Waals surface area contributed by atoms with Gasteiger partial charge in [-0.15, -0.1) is 0 Å². The summed E-state index contributed by atoms with van der Waals surface area (Å²) in [6.07, 6.45) is 1.35. The normalized spacial score (nSPS) is 27.8. The van der Waals surface area contributed by atoms with Crippen LogP contribution in [0.4, 0.5) is 0 Å². The Bertz CT molecular complexity index is 421. The molecule has 1 aliphatic carbocycles. The maximum atomic E-state index is 11.2. The van der Waals surface area contributed by atoms with Gasteiger partial charge in [-0.25, -0.2) is 0 Å². The zero-order chi connectivity index (χ0) is 11.8. The summed E-state index contributed by atoms with van der Waals surface area (Å²) in [5, 5.41) is 9.91. The number of hydrogen-bond donors (Lipinski definition) is 2. The monoisotopic (exact) mass is 239 g/mol. The number of hydrogen-bond acceptors (Lipinski definition) is 2. The van der Waals surface area contributed by atoms with Gasteiger partial charge < -0.3 is 10.8 Å². The highest BCUT2D eigenvalue weighted by Gasteiger charge is 2.58. The van der Waals surface area contributed by atoms with Gasteiger partial charge in [0, 0.05) is 5.02 Å². The second kappa shape index (κ2) is 4.07. The van der Waals surface area contributed by atoms with Crippen LogP contribution in [-0.4, -0.2) is 17.6 Å². The standard InChI is InChI=1S/C12H14ClNO2/c13-10-4-2-1-3-8(10)5-9-6-12(9,7-15)11(14)16/h1-4,9,15H,5-7H2,(H2,14,16). The van der Waals surface area contributed by atoms with E-state index in [2.05, 4.69) is 0 Å². The van der Waals surface area contributed by atoms with Crippen molar-refractivity contribution >= 4 is 17.5 Å². The first-order valence-corrected chi connectivity index (χ1v) is 5.62. The summed E-state index contributed by atoms with van der Waals surface area (Å²) < 4.78 is 0. The summed E-state index contributed by atoms with van der Waals surface area (Å²) in [7, 11) is 0. The molecule has 2 rings (SSSR count). The van der Waals surface area contributed by atoms with Gasteiger partial charge in [0.15, 0.2) is 0 Å². The summed E-state index contributed by atoms with van der Waals surface area (Å²) in [6, 6.07) is 7.54. The van der Waals surface area contributed by atoms with E-state index in [9.17, 15) is 9.90 Å². The number of carbonyl (C=O) groups is 1. The average molecular weight is 240 g/mol. The van der Waals surface area contributed by atoms with Gasteiger partial charge in [-0.2, -0.15) is 0 Å². The van der Waals surface area contributed by atoms with Crippen molar-refractivity contribution in [3.8, 4) is 0 Å². The minimum atomic E-state index is -0.709. The molecule has 1 aliphatic rings. The topological polar surface area (TPSA) is 63.3 Å². The molecule has 2 unspecified atom stereocenters. The average Bonchev–Trinajstić information content (AvgIpc) is 2.96. The number of primary amides is 1. The van der Waals surface area contributed by atoms with Crippen LogP contribution in [0.1, 0.15) is 12.0 Å². The Hall–Kier alpha value is -1.06. The molecule has 0 bridgehead atoms. The molecule has 1 saturated carbocycles. The number of aliphatic hydroxyl groups is 1. The first-order valence-electron chi connectivity index (χ1n) is 5.24. The maximum Gasteiger partial charge on any atom is 0.226 e. The van der Waals surface area contributed by atoms with Crippen LogP contribution >= 0.6 is 11.6 Å². The molecule has 4 heteroatoms. The van der Waals surface area contributed by atoms with Gasteiger partial charge in [-0.05, 0) is 30.4 Å². The van der Waals surface area contributed by atoms with E-state index in [0.29, 0.717) is 17.9 Å². The van der Waals surface area contributed by atoms with E-state index >= 15 is 0 Å². The Kier molecular flexibility index (Phi) is 2.91. The molecular weight excluding hydrogens is 226 g/mol. The maximum absolute atomic E-state index is 11.2. The van der Waals surface area contributed by atoms with E-state index in [1.807, 2.05) is 24.3 Å². The SMILES string of the molecule is NC(=O)C1(CO)CC1Cc1ccccc1Cl. The lowest BCUT2D eigenvalue weighted by atomic mass is 9.99. The zero-order valence-electron chi connectivity index (χ0n) is 8.82. The fourth-order valence-corrected chi connectivity index (χ4v) is 2.36. The largest absolute Gasteiger partial charge is 0.395 e. The molecule has 1 fully saturated rings. The number of nitrogens with two attached hydrogens (primary N) is 1. The molecule has 1 aromatic rings. The third-order valence-electron chi connectivity index (χ3n) is 3.43. The van der Waals surface area contributed by atoms with Crippen LogP contribution in [0.25, 0.3) is 0 Å². The van der Waals surface area contributed by atoms with E-state index in [1.54, 1.807) is 0 Å². The van der Waals surface area contributed by atoms with Crippen molar-refractivity contribution < 1.29 is 9.90 Å². The molecular formula is C12H14ClNO2. The number of carbonyl (C=O) groups excluding carboxylic acids is 1. The lowest BCUT2D eigenvalue weighted by Gasteiger charge is -2.10. The molecule has 0 radical (unpaired) electrons. The zero-order valence-corrected chi connectivity index (χ0v) is 9.57. The number of rotatable bonds is 4. The minimum absolute atomic E-state index is 0.120. The second-order valence-electron chi connectivity index (χ2n) is 4.38. The van der Waals surface area contributed by atoms with Crippen LogP contribution in [0.2, 0.25) is 5.02 Å². The molecule has 86 valence electrons. The number of amides is 1. The lowest BCUT2D eigenvalue weighted by Crippen LogP contribution is -2.30. The Morgan fingerprint density at radius 3 is 2.75 bits per heavy atom. The van der Waals surface area contributed by atoms with E-state index in [1.165, 1.54) is 0 Å². The molecule has 16 heavy (non-hydrogen) atoms. The molecule has 3 N–H and O–H groups in total. The fraction of sp³-hybridized carbons (Fsp3) is 0.417. The number of benzene rings is 1. The van der Waals surface area contributed by atoms with Crippen LogP contribution in [0.15, 0.2) is 24.3 Å². The summed E-state index contributed by atoms with van der Waals surface area (Å²) in [4.78, 5) is 11.2. The van der Waals surface area contributed by atoms with Crippen molar-refractivity contribution in [1.82, 2.24) is 0 Å². The Morgan fingerprint density at radius 2 is 2.25 bits per heavy atom. The highest BCUT2D eigenvalue weighted by Crippen LogP contribution is 2.53. The Labute approximate surface area is 99.2 Å². The molecule has 0 aromatic heterocycles. The third kappa shape index (κ3) is 1.81. The van der Waals surface area contributed by atoms with Gasteiger partial charge in [-0.1, -0.05) is 29.8 Å². The van der Waals surface area contributed by atoms with Crippen molar-refractivity contribution in [2.24, 2.45) is 17.1 Å². The Balaban J connectivity index is 2.09. The second-order valence-corrected chi connectivity index (χ2v) is 4.78. The third-order valence-corrected chi connectivity index (χ3v) is 3.80. The van der Waals surface area contributed by atoms with Crippen molar-refractivity contribution in [3.63, 3.8) is 0 Å². The van der Waals surface area contributed by atoms with E-state index in [-0.39, 0.29) is 12.5 Å². The summed E-state index contributed by atoms with van der Waals surface area (Å²) in [5.74, 6) is -0.290. The van der Waals surface area contributed by atoms with Gasteiger partial charge in [0.1, 0.15) is 0 Å². The van der Waals surface area contributed by atoms with Gasteiger partial charge in [-0.3, -0.25) is 4.79 Å². The van der Waals surface area contributed by atoms with Crippen molar-refractivity contribution in [1.29, 1.82) is 0 Å². The molecule has 0 aliphatic heterocycles. The van der Waals surface area contributed by atoms with Crippen LogP contribution in [-0.2, 0) is 11.2 Å². The van der Waals surface area contributed by atoms with Gasteiger partial charge in [0.05, 0.1) is 12.0 Å². The highest BCUT2D eigenvalue weighted by molar-refractivity contribution is 6.31. The van der Waals surface area contributed by atoms with Crippen LogP contribution < -0.4 is 5.73 Å². The van der Waals surface area contributed by atoms with Crippen molar-refractivity contribution in [3.05, 3.63) is 34.9 Å². The lowest BCUT2D eigenvalue weighted by molar-refractivity contribution is -0.125. The highest BCUT2D eigenvalue weighted by atomic mass is 35.5. The molecule has 0 spiro atoms. The predicted octanol–water partition coefficient (Wildman–Crippen LogP) is 1.37. The quantitative estimate of drug-likeness (QED) is 0.834. The van der Waals surface area contributed by atoms with Crippen LogP contribution in [0.5, 0.6) is 0 Å². The molecule has 0 heterocycles. The number of aliphatic hydroxyl groups excluding tert-OH is 1. The fourth-order valence-electron chi connectivity index (χ4n) is 2.15. The minimum Gasteiger partial charge on any atom is -0.395 e. The smallest absolute Gasteiger partial charge is 0.226 e. The van der Waals surface area contributed by atoms with Gasteiger partial charge in [0.25, 0.3) is 0 Å². The summed E-state index contributed by atoms with van der Waals surface area (Å²) in [6.45, 7) is -0.169. The number of halogens is 1. The van der Waals surface area contributed by atoms with Crippen molar-refractivity contribution in [2.45, 2.75) is 12.8 Å². The molecule has 2 atom stereocenters. The van der Waals surface area contributed by atoms with E-state index < -0.39 is 11.3 Å². The first kappa shape index (κ1) is 11.4. The molecule has 0 saturated heterocycles. The van der Waals surface area contributed by atoms with E-state index in [0.717, 1.165) is 5.56 Å². The summed E-state index contributed by atoms with van der Waals surface area (Å²) in [5.41, 5.74) is 5.59. The van der Waals surface area contributed by atoms with Crippen molar-refractivity contribution in [2.75, 3.05) is 6.61 Å². The predicted molar refractivity (Wildman–Crippen MR) is 62.0 cm³/mol. The van der Waals surface area contributed by atoms with E-state index in [4.69, 9.17) is 17.3 Å². The van der Waals surface area contributed by atoms with Gasteiger partial charge in [0.2, 0.25) is 5.91 Å². The molecule has 1 aromatic carbocycles. The van der Waals surface area contributed by atoms with Crippen LogP contribution in [0, 0.1) is 11.3 Å². The van der Waals surface area contributed by atoms with Gasteiger partial charge >= 0.3 is 0 Å². The first-order chi connectivity index (χ1) is 7.60. The Morgan fingerprint density at radius 1 is 1.56 bits per heavy atom. The summed E-state index contributed by atoms with van der Waals surface area (Å²) >= 11 is 6.03. The van der Waals surface area contributed by atoms with Crippen LogP contribution in [0.3, 0.4) is 0 Å².